The van der Waals surface area contributed by atoms with Gasteiger partial charge in [-0.15, -0.1) is 0 Å². The molecule has 1 aromatic heterocycles. The van der Waals surface area contributed by atoms with Crippen molar-refractivity contribution in [3.05, 3.63) is 71.3 Å². The summed E-state index contributed by atoms with van der Waals surface area (Å²) in [6, 6.07) is 13.3. The lowest BCUT2D eigenvalue weighted by molar-refractivity contribution is 0.0784. The highest BCUT2D eigenvalue weighted by Gasteiger charge is 2.14. The Hall–Kier alpha value is -3.02. The van der Waals surface area contributed by atoms with Crippen LogP contribution >= 0.6 is 0 Å². The molecule has 0 saturated heterocycles. The molecule has 0 aliphatic heterocycles. The van der Waals surface area contributed by atoms with Crippen LogP contribution in [0.4, 0.5) is 4.39 Å². The molecule has 2 aromatic carbocycles. The second-order valence-corrected chi connectivity index (χ2v) is 5.48. The highest BCUT2D eigenvalue weighted by Crippen LogP contribution is 2.19. The predicted octanol–water partition coefficient (Wildman–Crippen LogP) is 3.46. The van der Waals surface area contributed by atoms with Gasteiger partial charge in [0.1, 0.15) is 5.82 Å². The van der Waals surface area contributed by atoms with Crippen molar-refractivity contribution in [3.63, 3.8) is 0 Å². The van der Waals surface area contributed by atoms with Crippen LogP contribution in [0.25, 0.3) is 11.5 Å². The molecular formula is C18H16FN3O2. The van der Waals surface area contributed by atoms with Gasteiger partial charge in [-0.1, -0.05) is 23.4 Å². The Kier molecular flexibility index (Phi) is 4.37. The van der Waals surface area contributed by atoms with Crippen LogP contribution < -0.4 is 0 Å². The Morgan fingerprint density at radius 3 is 2.50 bits per heavy atom. The van der Waals surface area contributed by atoms with E-state index in [1.54, 1.807) is 56.4 Å². The van der Waals surface area contributed by atoms with E-state index in [4.69, 9.17) is 4.52 Å². The van der Waals surface area contributed by atoms with Crippen LogP contribution in [0, 0.1) is 12.7 Å². The topological polar surface area (TPSA) is 59.2 Å². The standard InChI is InChI=1S/C18H16FN3O2/c1-12-20-17(24-21-12)13-7-9-14(10-8-13)18(23)22(2)11-15-5-3-4-6-16(15)19/h3-10H,11H2,1-2H3. The van der Waals surface area contributed by atoms with Crippen molar-refractivity contribution in [2.24, 2.45) is 0 Å². The number of halogens is 1. The summed E-state index contributed by atoms with van der Waals surface area (Å²) in [6.07, 6.45) is 0. The third-order valence-corrected chi connectivity index (χ3v) is 3.62. The van der Waals surface area contributed by atoms with Gasteiger partial charge in [0.25, 0.3) is 11.8 Å². The predicted molar refractivity (Wildman–Crippen MR) is 86.7 cm³/mol. The van der Waals surface area contributed by atoms with Gasteiger partial charge < -0.3 is 9.42 Å². The highest BCUT2D eigenvalue weighted by molar-refractivity contribution is 5.94. The van der Waals surface area contributed by atoms with Gasteiger partial charge in [0.2, 0.25) is 0 Å². The van der Waals surface area contributed by atoms with Crippen LogP contribution in [0.1, 0.15) is 21.7 Å². The van der Waals surface area contributed by atoms with Gasteiger partial charge in [-0.25, -0.2) is 4.39 Å². The largest absolute Gasteiger partial charge is 0.337 e. The fraction of sp³-hybridized carbons (Fsp3) is 0.167. The molecular weight excluding hydrogens is 309 g/mol. The molecule has 5 nitrogen and oxygen atoms in total. The molecule has 0 spiro atoms. The minimum Gasteiger partial charge on any atom is -0.337 e. The molecule has 1 amide bonds. The van der Waals surface area contributed by atoms with E-state index < -0.39 is 0 Å². The zero-order valence-corrected chi connectivity index (χ0v) is 13.4. The maximum absolute atomic E-state index is 13.7. The zero-order chi connectivity index (χ0) is 17.1. The number of amides is 1. The smallest absolute Gasteiger partial charge is 0.257 e. The van der Waals surface area contributed by atoms with E-state index in [1.807, 2.05) is 0 Å². The molecule has 3 rings (SSSR count). The average molecular weight is 325 g/mol. The Morgan fingerprint density at radius 1 is 1.17 bits per heavy atom. The van der Waals surface area contributed by atoms with Crippen LogP contribution in [0.5, 0.6) is 0 Å². The summed E-state index contributed by atoms with van der Waals surface area (Å²) in [6.45, 7) is 1.94. The minimum absolute atomic E-state index is 0.188. The number of aryl methyl sites for hydroxylation is 1. The molecule has 0 aliphatic rings. The SMILES string of the molecule is Cc1noc(-c2ccc(C(=O)N(C)Cc3ccccc3F)cc2)n1. The van der Waals surface area contributed by atoms with Crippen LogP contribution in [-0.2, 0) is 6.54 Å². The lowest BCUT2D eigenvalue weighted by atomic mass is 10.1. The lowest BCUT2D eigenvalue weighted by Gasteiger charge is -2.17. The van der Waals surface area contributed by atoms with E-state index in [2.05, 4.69) is 10.1 Å². The Bertz CT molecular complexity index is 859. The van der Waals surface area contributed by atoms with Crippen LogP contribution in [0.15, 0.2) is 53.1 Å². The van der Waals surface area contributed by atoms with Gasteiger partial charge in [0.05, 0.1) is 0 Å². The molecule has 6 heteroatoms. The van der Waals surface area contributed by atoms with Crippen molar-refractivity contribution < 1.29 is 13.7 Å². The molecule has 0 radical (unpaired) electrons. The molecule has 0 aliphatic carbocycles. The fourth-order valence-corrected chi connectivity index (χ4v) is 2.34. The van der Waals surface area contributed by atoms with Gasteiger partial charge in [-0.3, -0.25) is 4.79 Å². The number of carbonyl (C=O) groups excluding carboxylic acids is 1. The number of carbonyl (C=O) groups is 1. The summed E-state index contributed by atoms with van der Waals surface area (Å²) in [7, 11) is 1.64. The van der Waals surface area contributed by atoms with Gasteiger partial charge in [-0.05, 0) is 37.3 Å². The highest BCUT2D eigenvalue weighted by atomic mass is 19.1. The average Bonchev–Trinajstić information content (AvgIpc) is 3.03. The first kappa shape index (κ1) is 15.9. The fourth-order valence-electron chi connectivity index (χ4n) is 2.34. The summed E-state index contributed by atoms with van der Waals surface area (Å²) >= 11 is 0. The maximum atomic E-state index is 13.7. The van der Waals surface area contributed by atoms with E-state index >= 15 is 0 Å². The zero-order valence-electron chi connectivity index (χ0n) is 13.4. The minimum atomic E-state index is -0.320. The number of rotatable bonds is 4. The van der Waals surface area contributed by atoms with Gasteiger partial charge in [0.15, 0.2) is 5.82 Å². The number of benzene rings is 2. The summed E-state index contributed by atoms with van der Waals surface area (Å²) < 4.78 is 18.8. The van der Waals surface area contributed by atoms with Crippen LogP contribution in [0.3, 0.4) is 0 Å². The third-order valence-electron chi connectivity index (χ3n) is 3.62. The number of hydrogen-bond donors (Lipinski definition) is 0. The van der Waals surface area contributed by atoms with Crippen molar-refractivity contribution in [1.82, 2.24) is 15.0 Å². The third kappa shape index (κ3) is 3.32. The summed E-state index contributed by atoms with van der Waals surface area (Å²) in [5, 5.41) is 3.74. The molecule has 0 atom stereocenters. The Balaban J connectivity index is 1.74. The van der Waals surface area contributed by atoms with Crippen molar-refractivity contribution in [2.45, 2.75) is 13.5 Å². The Morgan fingerprint density at radius 2 is 1.88 bits per heavy atom. The molecule has 122 valence electrons. The summed E-state index contributed by atoms with van der Waals surface area (Å²) in [4.78, 5) is 18.1. The van der Waals surface area contributed by atoms with Gasteiger partial charge in [-0.2, -0.15) is 4.98 Å². The van der Waals surface area contributed by atoms with E-state index in [9.17, 15) is 9.18 Å². The monoisotopic (exact) mass is 325 g/mol. The quantitative estimate of drug-likeness (QED) is 0.737. The molecule has 24 heavy (non-hydrogen) atoms. The number of aromatic nitrogens is 2. The van der Waals surface area contributed by atoms with Crippen molar-refractivity contribution in [3.8, 4) is 11.5 Å². The molecule has 3 aromatic rings. The molecule has 0 fully saturated rings. The molecule has 1 heterocycles. The van der Waals surface area contributed by atoms with Crippen molar-refractivity contribution in [1.29, 1.82) is 0 Å². The van der Waals surface area contributed by atoms with E-state index in [0.717, 1.165) is 5.56 Å². The van der Waals surface area contributed by atoms with E-state index in [1.165, 1.54) is 11.0 Å². The summed E-state index contributed by atoms with van der Waals surface area (Å²) in [5.41, 5.74) is 1.73. The molecule has 0 unspecified atom stereocenters. The van der Waals surface area contributed by atoms with Gasteiger partial charge in [0, 0.05) is 30.3 Å². The second-order valence-electron chi connectivity index (χ2n) is 5.48. The molecule has 0 N–H and O–H groups in total. The van der Waals surface area contributed by atoms with Crippen molar-refractivity contribution >= 4 is 5.91 Å². The lowest BCUT2D eigenvalue weighted by Crippen LogP contribution is -2.26. The molecule has 0 bridgehead atoms. The number of nitrogens with zero attached hydrogens (tertiary/aromatic N) is 3. The van der Waals surface area contributed by atoms with E-state index in [0.29, 0.717) is 22.8 Å². The van der Waals surface area contributed by atoms with Crippen molar-refractivity contribution in [2.75, 3.05) is 7.05 Å². The maximum Gasteiger partial charge on any atom is 0.257 e. The van der Waals surface area contributed by atoms with Gasteiger partial charge >= 0.3 is 0 Å². The summed E-state index contributed by atoms with van der Waals surface area (Å²) in [5.74, 6) is 0.451. The Labute approximate surface area is 138 Å². The first-order chi connectivity index (χ1) is 11.5. The normalized spacial score (nSPS) is 10.6. The van der Waals surface area contributed by atoms with E-state index in [-0.39, 0.29) is 18.3 Å². The molecule has 0 saturated carbocycles. The van der Waals surface area contributed by atoms with Crippen LogP contribution in [0.2, 0.25) is 0 Å². The first-order valence-corrected chi connectivity index (χ1v) is 7.44. The second kappa shape index (κ2) is 6.62. The first-order valence-electron chi connectivity index (χ1n) is 7.44. The number of hydrogen-bond acceptors (Lipinski definition) is 4. The van der Waals surface area contributed by atoms with Crippen LogP contribution in [-0.4, -0.2) is 28.0 Å².